The summed E-state index contributed by atoms with van der Waals surface area (Å²) < 4.78 is 1.15. The quantitative estimate of drug-likeness (QED) is 0.701. The van der Waals surface area contributed by atoms with Gasteiger partial charge in [-0.3, -0.25) is 0 Å². The number of aryl methyl sites for hydroxylation is 2. The maximum atomic E-state index is 4.29. The Balaban J connectivity index is 3.01. The monoisotopic (exact) mass is 253 g/mol. The first kappa shape index (κ1) is 7.47. The van der Waals surface area contributed by atoms with Crippen molar-refractivity contribution in [1.29, 1.82) is 0 Å². The van der Waals surface area contributed by atoms with Crippen molar-refractivity contribution in [1.82, 2.24) is 4.98 Å². The molecule has 1 aromatic heterocycles. The van der Waals surface area contributed by atoms with E-state index < -0.39 is 0 Å². The number of thiazole rings is 1. The van der Waals surface area contributed by atoms with Crippen LogP contribution in [-0.2, 0) is 6.42 Å². The van der Waals surface area contributed by atoms with Crippen LogP contribution in [0.15, 0.2) is 0 Å². The van der Waals surface area contributed by atoms with Gasteiger partial charge in [0, 0.05) is 4.88 Å². The molecule has 0 atom stereocenters. The second-order valence-electron chi connectivity index (χ2n) is 1.83. The van der Waals surface area contributed by atoms with Gasteiger partial charge in [-0.25, -0.2) is 4.98 Å². The van der Waals surface area contributed by atoms with Crippen LogP contribution >= 0.6 is 33.9 Å². The standard InChI is InChI=1S/C6H8INS/c1-3-5-4(2)8-6(7)9-5/h3H2,1-2H3. The number of halogens is 1. The summed E-state index contributed by atoms with van der Waals surface area (Å²) in [5.41, 5.74) is 1.20. The zero-order valence-corrected chi connectivity index (χ0v) is 8.41. The van der Waals surface area contributed by atoms with Crippen LogP contribution in [0, 0.1) is 9.94 Å². The van der Waals surface area contributed by atoms with Crippen molar-refractivity contribution in [2.75, 3.05) is 0 Å². The molecule has 9 heavy (non-hydrogen) atoms. The van der Waals surface area contributed by atoms with Gasteiger partial charge < -0.3 is 0 Å². The molecule has 1 rings (SSSR count). The fourth-order valence-corrected chi connectivity index (χ4v) is 2.60. The minimum Gasteiger partial charge on any atom is -0.235 e. The number of hydrogen-bond acceptors (Lipinski definition) is 2. The molecule has 3 heteroatoms. The van der Waals surface area contributed by atoms with Crippen molar-refractivity contribution in [3.63, 3.8) is 0 Å². The van der Waals surface area contributed by atoms with E-state index in [9.17, 15) is 0 Å². The Hall–Kier alpha value is 0.360. The predicted molar refractivity (Wildman–Crippen MR) is 48.9 cm³/mol. The molecule has 1 nitrogen and oxygen atoms in total. The van der Waals surface area contributed by atoms with E-state index in [1.165, 1.54) is 10.6 Å². The molecule has 1 heterocycles. The van der Waals surface area contributed by atoms with Gasteiger partial charge in [0.25, 0.3) is 0 Å². The molecule has 0 aliphatic rings. The predicted octanol–water partition coefficient (Wildman–Crippen LogP) is 2.62. The maximum absolute atomic E-state index is 4.29. The van der Waals surface area contributed by atoms with Crippen LogP contribution in [-0.4, -0.2) is 4.98 Å². The smallest absolute Gasteiger partial charge is 0.154 e. The van der Waals surface area contributed by atoms with E-state index >= 15 is 0 Å². The summed E-state index contributed by atoms with van der Waals surface area (Å²) in [7, 11) is 0. The highest BCUT2D eigenvalue weighted by molar-refractivity contribution is 14.1. The molecule has 0 saturated carbocycles. The van der Waals surface area contributed by atoms with E-state index in [0.29, 0.717) is 0 Å². The van der Waals surface area contributed by atoms with Crippen molar-refractivity contribution >= 4 is 33.9 Å². The van der Waals surface area contributed by atoms with Gasteiger partial charge >= 0.3 is 0 Å². The molecular weight excluding hydrogens is 245 g/mol. The second kappa shape index (κ2) is 2.96. The summed E-state index contributed by atoms with van der Waals surface area (Å²) in [6.07, 6.45) is 1.12. The average molecular weight is 253 g/mol. The molecular formula is C6H8INS. The minimum absolute atomic E-state index is 1.12. The van der Waals surface area contributed by atoms with Crippen molar-refractivity contribution in [2.45, 2.75) is 20.3 Å². The fraction of sp³-hybridized carbons (Fsp3) is 0.500. The lowest BCUT2D eigenvalue weighted by molar-refractivity contribution is 1.11. The molecule has 0 bridgehead atoms. The second-order valence-corrected chi connectivity index (χ2v) is 4.67. The Morgan fingerprint density at radius 1 is 1.67 bits per heavy atom. The molecule has 50 valence electrons. The van der Waals surface area contributed by atoms with Gasteiger partial charge in [-0.2, -0.15) is 0 Å². The minimum atomic E-state index is 1.12. The van der Waals surface area contributed by atoms with E-state index in [-0.39, 0.29) is 0 Å². The molecule has 0 spiro atoms. The van der Waals surface area contributed by atoms with Gasteiger partial charge in [0.2, 0.25) is 0 Å². The lowest BCUT2D eigenvalue weighted by atomic mass is 10.3. The van der Waals surface area contributed by atoms with E-state index in [1.54, 1.807) is 11.3 Å². The van der Waals surface area contributed by atoms with Crippen LogP contribution < -0.4 is 0 Å². The molecule has 0 fully saturated rings. The summed E-state index contributed by atoms with van der Waals surface area (Å²) >= 11 is 4.05. The van der Waals surface area contributed by atoms with Gasteiger partial charge in [-0.15, -0.1) is 11.3 Å². The van der Waals surface area contributed by atoms with Gasteiger partial charge in [-0.05, 0) is 35.9 Å². The Morgan fingerprint density at radius 3 is 2.56 bits per heavy atom. The maximum Gasteiger partial charge on any atom is 0.154 e. The SMILES string of the molecule is CCc1sc(I)nc1C. The van der Waals surface area contributed by atoms with E-state index in [2.05, 4.69) is 41.4 Å². The number of nitrogens with zero attached hydrogens (tertiary/aromatic N) is 1. The third-order valence-electron chi connectivity index (χ3n) is 1.19. The summed E-state index contributed by atoms with van der Waals surface area (Å²) in [5, 5.41) is 0. The normalized spacial score (nSPS) is 10.1. The zero-order chi connectivity index (χ0) is 6.85. The Morgan fingerprint density at radius 2 is 2.33 bits per heavy atom. The summed E-state index contributed by atoms with van der Waals surface area (Å²) in [5.74, 6) is 0. The van der Waals surface area contributed by atoms with Gasteiger partial charge in [0.1, 0.15) is 0 Å². The highest BCUT2D eigenvalue weighted by Gasteiger charge is 2.00. The molecule has 0 amide bonds. The van der Waals surface area contributed by atoms with Crippen LogP contribution in [0.4, 0.5) is 0 Å². The molecule has 0 aliphatic heterocycles. The van der Waals surface area contributed by atoms with Crippen molar-refractivity contribution in [3.8, 4) is 0 Å². The first-order valence-corrected chi connectivity index (χ1v) is 4.75. The van der Waals surface area contributed by atoms with Crippen LogP contribution in [0.5, 0.6) is 0 Å². The Kier molecular flexibility index (Phi) is 2.46. The molecule has 1 aromatic rings. The Bertz CT molecular complexity index is 207. The zero-order valence-electron chi connectivity index (χ0n) is 5.44. The van der Waals surface area contributed by atoms with Gasteiger partial charge in [-0.1, -0.05) is 6.92 Å². The van der Waals surface area contributed by atoms with Crippen molar-refractivity contribution in [2.24, 2.45) is 0 Å². The molecule has 0 aliphatic carbocycles. The molecule has 0 radical (unpaired) electrons. The lowest BCUT2D eigenvalue weighted by Crippen LogP contribution is -1.77. The number of rotatable bonds is 1. The fourth-order valence-electron chi connectivity index (χ4n) is 0.721. The van der Waals surface area contributed by atoms with E-state index in [1.807, 2.05) is 0 Å². The van der Waals surface area contributed by atoms with Crippen molar-refractivity contribution < 1.29 is 0 Å². The van der Waals surface area contributed by atoms with Crippen LogP contribution in [0.1, 0.15) is 17.5 Å². The van der Waals surface area contributed by atoms with Crippen molar-refractivity contribution in [3.05, 3.63) is 13.6 Å². The highest BCUT2D eigenvalue weighted by Crippen LogP contribution is 2.19. The molecule has 0 aromatic carbocycles. The molecule has 0 saturated heterocycles. The summed E-state index contributed by atoms with van der Waals surface area (Å²) in [6, 6.07) is 0. The molecule has 0 N–H and O–H groups in total. The Labute approximate surface area is 72.6 Å². The largest absolute Gasteiger partial charge is 0.235 e. The average Bonchev–Trinajstić information content (AvgIpc) is 2.10. The van der Waals surface area contributed by atoms with Crippen LogP contribution in [0.2, 0.25) is 0 Å². The van der Waals surface area contributed by atoms with Crippen LogP contribution in [0.25, 0.3) is 0 Å². The first-order valence-electron chi connectivity index (χ1n) is 2.86. The van der Waals surface area contributed by atoms with Gasteiger partial charge in [0.15, 0.2) is 3.01 Å². The highest BCUT2D eigenvalue weighted by atomic mass is 127. The van der Waals surface area contributed by atoms with Crippen LogP contribution in [0.3, 0.4) is 0 Å². The topological polar surface area (TPSA) is 12.9 Å². The third-order valence-corrected chi connectivity index (χ3v) is 3.18. The molecule has 0 unspecified atom stereocenters. The van der Waals surface area contributed by atoms with E-state index in [4.69, 9.17) is 0 Å². The first-order chi connectivity index (χ1) is 4.24. The summed E-state index contributed by atoms with van der Waals surface area (Å²) in [4.78, 5) is 5.70. The summed E-state index contributed by atoms with van der Waals surface area (Å²) in [6.45, 7) is 4.23. The van der Waals surface area contributed by atoms with E-state index in [0.717, 1.165) is 9.44 Å². The van der Waals surface area contributed by atoms with Gasteiger partial charge in [0.05, 0.1) is 5.69 Å². The lowest BCUT2D eigenvalue weighted by Gasteiger charge is -1.85. The third kappa shape index (κ3) is 1.64. The number of hydrogen-bond donors (Lipinski definition) is 0. The number of aromatic nitrogens is 1.